The summed E-state index contributed by atoms with van der Waals surface area (Å²) < 4.78 is 0. The van der Waals surface area contributed by atoms with Gasteiger partial charge in [0.2, 0.25) is 0 Å². The van der Waals surface area contributed by atoms with Crippen molar-refractivity contribution in [2.75, 3.05) is 0 Å². The number of thioether (sulfide) groups is 1. The molecule has 0 saturated heterocycles. The Morgan fingerprint density at radius 2 is 1.20 bits per heavy atom. The van der Waals surface area contributed by atoms with Crippen LogP contribution in [0.2, 0.25) is 0 Å². The van der Waals surface area contributed by atoms with Gasteiger partial charge in [-0.3, -0.25) is 0 Å². The van der Waals surface area contributed by atoms with Crippen LogP contribution >= 0.6 is 11.8 Å². The Hall–Kier alpha value is 0.350. The van der Waals surface area contributed by atoms with Crippen LogP contribution in [0.1, 0.15) is 65.2 Å². The van der Waals surface area contributed by atoms with Crippen LogP contribution in [0.5, 0.6) is 0 Å². The molecule has 0 aromatic rings. The van der Waals surface area contributed by atoms with E-state index in [-0.39, 0.29) is 0 Å². The maximum absolute atomic E-state index is 2.44. The van der Waals surface area contributed by atoms with Crippen molar-refractivity contribution in [3.8, 4) is 0 Å². The van der Waals surface area contributed by atoms with E-state index < -0.39 is 0 Å². The fourth-order valence-corrected chi connectivity index (χ4v) is 5.31. The summed E-state index contributed by atoms with van der Waals surface area (Å²) in [5, 5.41) is 2.01. The number of hydrogen-bond donors (Lipinski definition) is 0. The van der Waals surface area contributed by atoms with E-state index >= 15 is 0 Å². The summed E-state index contributed by atoms with van der Waals surface area (Å²) in [6.45, 7) is 4.88. The highest BCUT2D eigenvalue weighted by Gasteiger charge is 2.25. The maximum Gasteiger partial charge on any atom is 0.00523 e. The summed E-state index contributed by atoms with van der Waals surface area (Å²) in [5.74, 6) is 1.99. The van der Waals surface area contributed by atoms with Crippen LogP contribution in [0.3, 0.4) is 0 Å². The first-order valence-corrected chi connectivity index (χ1v) is 7.83. The molecular formula is C14H26S. The normalized spacial score (nSPS) is 42.8. The Balaban J connectivity index is 1.75. The van der Waals surface area contributed by atoms with Crippen LogP contribution in [0, 0.1) is 11.8 Å². The van der Waals surface area contributed by atoms with Gasteiger partial charge < -0.3 is 0 Å². The first kappa shape index (κ1) is 11.8. The molecule has 0 heterocycles. The van der Waals surface area contributed by atoms with E-state index in [0.717, 1.165) is 22.3 Å². The molecule has 0 spiro atoms. The number of rotatable bonds is 2. The lowest BCUT2D eigenvalue weighted by atomic mass is 9.90. The highest BCUT2D eigenvalue weighted by Crippen LogP contribution is 2.39. The summed E-state index contributed by atoms with van der Waals surface area (Å²) in [7, 11) is 0. The van der Waals surface area contributed by atoms with Crippen molar-refractivity contribution in [3.63, 3.8) is 0 Å². The highest BCUT2D eigenvalue weighted by molar-refractivity contribution is 8.00. The summed E-state index contributed by atoms with van der Waals surface area (Å²) in [4.78, 5) is 0. The van der Waals surface area contributed by atoms with E-state index in [1.807, 2.05) is 0 Å². The Morgan fingerprint density at radius 1 is 0.733 bits per heavy atom. The largest absolute Gasteiger partial charge is 0.155 e. The third-order valence-corrected chi connectivity index (χ3v) is 5.79. The summed E-state index contributed by atoms with van der Waals surface area (Å²) in [6, 6.07) is 0. The molecule has 0 nitrogen and oxygen atoms in total. The first-order valence-electron chi connectivity index (χ1n) is 6.89. The minimum Gasteiger partial charge on any atom is -0.155 e. The lowest BCUT2D eigenvalue weighted by molar-refractivity contribution is 0.379. The molecule has 0 radical (unpaired) electrons. The molecule has 2 fully saturated rings. The average molecular weight is 226 g/mol. The minimum absolute atomic E-state index is 0.997. The van der Waals surface area contributed by atoms with Gasteiger partial charge in [0.15, 0.2) is 0 Å². The fraction of sp³-hybridized carbons (Fsp3) is 1.00. The Labute approximate surface area is 99.6 Å². The SMILES string of the molecule is CC1CCCC(SC2CCCC(C)C2)C1. The summed E-state index contributed by atoms with van der Waals surface area (Å²) >= 11 is 2.35. The molecule has 0 aromatic heterocycles. The maximum atomic E-state index is 2.44. The molecule has 0 N–H and O–H groups in total. The van der Waals surface area contributed by atoms with E-state index in [1.54, 1.807) is 0 Å². The molecule has 0 bridgehead atoms. The van der Waals surface area contributed by atoms with Gasteiger partial charge in [-0.05, 0) is 37.5 Å². The average Bonchev–Trinajstić information content (AvgIpc) is 2.17. The van der Waals surface area contributed by atoms with E-state index in [9.17, 15) is 0 Å². The second-order valence-corrected chi connectivity index (χ2v) is 7.53. The second-order valence-electron chi connectivity index (χ2n) is 5.92. The lowest BCUT2D eigenvalue weighted by Crippen LogP contribution is -2.22. The molecule has 0 amide bonds. The smallest absolute Gasteiger partial charge is 0.00523 e. The van der Waals surface area contributed by atoms with Gasteiger partial charge >= 0.3 is 0 Å². The third-order valence-electron chi connectivity index (χ3n) is 4.16. The molecule has 2 rings (SSSR count). The van der Waals surface area contributed by atoms with Gasteiger partial charge in [0.1, 0.15) is 0 Å². The van der Waals surface area contributed by atoms with Crippen molar-refractivity contribution in [2.45, 2.75) is 75.7 Å². The van der Waals surface area contributed by atoms with E-state index in [0.29, 0.717) is 0 Å². The predicted octanol–water partition coefficient (Wildman–Crippen LogP) is 4.88. The van der Waals surface area contributed by atoms with Crippen molar-refractivity contribution < 1.29 is 0 Å². The summed E-state index contributed by atoms with van der Waals surface area (Å²) in [6.07, 6.45) is 11.9. The lowest BCUT2D eigenvalue weighted by Gasteiger charge is -2.33. The van der Waals surface area contributed by atoms with Crippen molar-refractivity contribution in [2.24, 2.45) is 11.8 Å². The van der Waals surface area contributed by atoms with Crippen LogP contribution in [0.15, 0.2) is 0 Å². The Morgan fingerprint density at radius 3 is 1.60 bits per heavy atom. The van der Waals surface area contributed by atoms with Gasteiger partial charge in [-0.25, -0.2) is 0 Å². The van der Waals surface area contributed by atoms with Gasteiger partial charge in [0.05, 0.1) is 0 Å². The van der Waals surface area contributed by atoms with Gasteiger partial charge in [-0.15, -0.1) is 0 Å². The van der Waals surface area contributed by atoms with Crippen LogP contribution < -0.4 is 0 Å². The van der Waals surface area contributed by atoms with E-state index in [2.05, 4.69) is 25.6 Å². The van der Waals surface area contributed by atoms with Crippen molar-refractivity contribution >= 4 is 11.8 Å². The molecule has 2 aliphatic rings. The van der Waals surface area contributed by atoms with Gasteiger partial charge in [0, 0.05) is 10.5 Å². The van der Waals surface area contributed by atoms with Crippen LogP contribution in [-0.4, -0.2) is 10.5 Å². The second kappa shape index (κ2) is 5.61. The van der Waals surface area contributed by atoms with Crippen molar-refractivity contribution in [1.82, 2.24) is 0 Å². The standard InChI is InChI=1S/C14H26S/c1-11-5-3-7-13(9-11)15-14-8-4-6-12(2)10-14/h11-14H,3-10H2,1-2H3. The molecule has 88 valence electrons. The number of hydrogen-bond acceptors (Lipinski definition) is 1. The van der Waals surface area contributed by atoms with E-state index in [1.165, 1.54) is 51.4 Å². The zero-order chi connectivity index (χ0) is 10.7. The van der Waals surface area contributed by atoms with Crippen molar-refractivity contribution in [1.29, 1.82) is 0 Å². The fourth-order valence-electron chi connectivity index (χ4n) is 3.28. The quantitative estimate of drug-likeness (QED) is 0.647. The summed E-state index contributed by atoms with van der Waals surface area (Å²) in [5.41, 5.74) is 0. The zero-order valence-corrected chi connectivity index (χ0v) is 11.2. The van der Waals surface area contributed by atoms with Gasteiger partial charge in [-0.1, -0.05) is 39.5 Å². The highest BCUT2D eigenvalue weighted by atomic mass is 32.2. The molecule has 1 heteroatoms. The minimum atomic E-state index is 0.997. The van der Waals surface area contributed by atoms with Gasteiger partial charge in [0.25, 0.3) is 0 Å². The van der Waals surface area contributed by atoms with Crippen LogP contribution in [-0.2, 0) is 0 Å². The molecule has 4 atom stereocenters. The van der Waals surface area contributed by atoms with Crippen LogP contribution in [0.4, 0.5) is 0 Å². The predicted molar refractivity (Wildman–Crippen MR) is 70.4 cm³/mol. The molecule has 2 saturated carbocycles. The van der Waals surface area contributed by atoms with Crippen molar-refractivity contribution in [3.05, 3.63) is 0 Å². The Bertz CT molecular complexity index is 170. The molecule has 15 heavy (non-hydrogen) atoms. The molecule has 0 aliphatic heterocycles. The van der Waals surface area contributed by atoms with Crippen LogP contribution in [0.25, 0.3) is 0 Å². The molecule has 2 aliphatic carbocycles. The third kappa shape index (κ3) is 3.69. The monoisotopic (exact) mass is 226 g/mol. The molecule has 0 aromatic carbocycles. The van der Waals surface area contributed by atoms with Gasteiger partial charge in [-0.2, -0.15) is 11.8 Å². The Kier molecular flexibility index (Phi) is 4.42. The molecular weight excluding hydrogens is 200 g/mol. The topological polar surface area (TPSA) is 0 Å². The zero-order valence-electron chi connectivity index (χ0n) is 10.4. The molecule has 4 unspecified atom stereocenters. The first-order chi connectivity index (χ1) is 7.24. The van der Waals surface area contributed by atoms with E-state index in [4.69, 9.17) is 0 Å².